The summed E-state index contributed by atoms with van der Waals surface area (Å²) in [5, 5.41) is 2.64. The molecule has 30 heavy (non-hydrogen) atoms. The van der Waals surface area contributed by atoms with Crippen LogP contribution in [0.3, 0.4) is 0 Å². The number of likely N-dealkylation sites (tertiary alicyclic amines) is 1. The predicted octanol–water partition coefficient (Wildman–Crippen LogP) is 2.84. The van der Waals surface area contributed by atoms with Crippen LogP contribution in [0.5, 0.6) is 0 Å². The van der Waals surface area contributed by atoms with E-state index in [-0.39, 0.29) is 18.4 Å². The third-order valence-electron chi connectivity index (χ3n) is 6.34. The number of nitrogens with one attached hydrogen (secondary N) is 1. The van der Waals surface area contributed by atoms with E-state index in [0.29, 0.717) is 6.42 Å². The van der Waals surface area contributed by atoms with Crippen molar-refractivity contribution in [2.45, 2.75) is 71.3 Å². The summed E-state index contributed by atoms with van der Waals surface area (Å²) in [4.78, 5) is 39.9. The topological polar surface area (TPSA) is 84.9 Å². The zero-order chi connectivity index (χ0) is 22.6. The second-order valence-electron chi connectivity index (χ2n) is 10.7. The third kappa shape index (κ3) is 3.81. The van der Waals surface area contributed by atoms with Crippen molar-refractivity contribution in [3.8, 4) is 0 Å². The molecule has 7 nitrogen and oxygen atoms in total. The Hall–Kier alpha value is -2.12. The molecule has 3 rings (SSSR count). The van der Waals surface area contributed by atoms with Crippen LogP contribution in [-0.4, -0.2) is 59.9 Å². The summed E-state index contributed by atoms with van der Waals surface area (Å²) in [7, 11) is 1.24. The Labute approximate surface area is 177 Å². The van der Waals surface area contributed by atoms with E-state index in [0.717, 1.165) is 0 Å². The van der Waals surface area contributed by atoms with E-state index in [1.54, 1.807) is 41.5 Å². The minimum absolute atomic E-state index is 0.103. The maximum atomic E-state index is 16.0. The highest BCUT2D eigenvalue weighted by atomic mass is 19.1. The molecule has 1 saturated heterocycles. The van der Waals surface area contributed by atoms with Crippen LogP contribution in [0.4, 0.5) is 9.18 Å². The van der Waals surface area contributed by atoms with Crippen LogP contribution < -0.4 is 5.32 Å². The number of alkyl halides is 1. The average Bonchev–Trinajstić information content (AvgIpc) is 3.25. The Bertz CT molecular complexity index is 768. The highest BCUT2D eigenvalue weighted by molar-refractivity contribution is 5.91. The monoisotopic (exact) mass is 424 g/mol. The fourth-order valence-electron chi connectivity index (χ4n) is 5.07. The van der Waals surface area contributed by atoms with Crippen LogP contribution in [0.15, 0.2) is 12.2 Å². The van der Waals surface area contributed by atoms with Gasteiger partial charge in [0, 0.05) is 11.8 Å². The molecular formula is C22H33FN2O5. The van der Waals surface area contributed by atoms with E-state index in [1.807, 2.05) is 12.2 Å². The maximum Gasteiger partial charge on any atom is 0.408 e. The molecule has 0 aromatic carbocycles. The highest BCUT2D eigenvalue weighted by Gasteiger charge is 2.68. The average molecular weight is 425 g/mol. The zero-order valence-electron chi connectivity index (χ0n) is 18.8. The van der Waals surface area contributed by atoms with Gasteiger partial charge in [-0.25, -0.2) is 14.0 Å². The summed E-state index contributed by atoms with van der Waals surface area (Å²) in [5.41, 5.74) is -3.09. The summed E-state index contributed by atoms with van der Waals surface area (Å²) in [6.45, 7) is 10.4. The molecule has 1 saturated carbocycles. The minimum atomic E-state index is -1.66. The van der Waals surface area contributed by atoms with Crippen molar-refractivity contribution < 1.29 is 28.2 Å². The molecule has 0 aromatic rings. The van der Waals surface area contributed by atoms with Crippen molar-refractivity contribution in [3.63, 3.8) is 0 Å². The summed E-state index contributed by atoms with van der Waals surface area (Å²) < 4.78 is 26.3. The Morgan fingerprint density at radius 2 is 1.80 bits per heavy atom. The predicted molar refractivity (Wildman–Crippen MR) is 108 cm³/mol. The van der Waals surface area contributed by atoms with E-state index in [9.17, 15) is 14.4 Å². The quantitative estimate of drug-likeness (QED) is 0.556. The molecule has 3 aliphatic rings. The lowest BCUT2D eigenvalue weighted by molar-refractivity contribution is -0.154. The smallest absolute Gasteiger partial charge is 0.408 e. The normalized spacial score (nSPS) is 33.3. The number of ether oxygens (including phenoxy) is 2. The molecule has 1 heterocycles. The number of rotatable bonds is 3. The molecule has 2 fully saturated rings. The van der Waals surface area contributed by atoms with Gasteiger partial charge in [0.05, 0.1) is 13.7 Å². The van der Waals surface area contributed by atoms with E-state index in [4.69, 9.17) is 9.47 Å². The third-order valence-corrected chi connectivity index (χ3v) is 6.34. The first-order valence-corrected chi connectivity index (χ1v) is 10.4. The minimum Gasteiger partial charge on any atom is -0.467 e. The summed E-state index contributed by atoms with van der Waals surface area (Å²) in [6, 6.07) is -2.01. The van der Waals surface area contributed by atoms with Crippen molar-refractivity contribution in [1.29, 1.82) is 0 Å². The van der Waals surface area contributed by atoms with Crippen LogP contribution in [-0.2, 0) is 19.1 Å². The van der Waals surface area contributed by atoms with Gasteiger partial charge in [0.1, 0.15) is 23.4 Å². The van der Waals surface area contributed by atoms with Gasteiger partial charge in [0.25, 0.3) is 0 Å². The molecule has 2 bridgehead atoms. The van der Waals surface area contributed by atoms with Gasteiger partial charge in [0.2, 0.25) is 5.91 Å². The molecule has 8 heteroatoms. The van der Waals surface area contributed by atoms with Gasteiger partial charge in [-0.2, -0.15) is 0 Å². The molecule has 0 spiro atoms. The Balaban J connectivity index is 1.90. The number of hydrogen-bond donors (Lipinski definition) is 1. The lowest BCUT2D eigenvalue weighted by Crippen LogP contribution is -2.58. The van der Waals surface area contributed by atoms with Gasteiger partial charge in [-0.15, -0.1) is 0 Å². The van der Waals surface area contributed by atoms with E-state index < -0.39 is 52.7 Å². The SMILES string of the molecule is COC(=O)[C@@H]1[C@H]2[C@H]3C=C[C@H](C3)[C@@]2(F)CN1C(=O)[C@@H](NC(=O)OC(C)(C)C)C(C)(C)C. The number of halogens is 1. The number of alkyl carbamates (subject to hydrolysis) is 1. The van der Waals surface area contributed by atoms with E-state index >= 15 is 4.39 Å². The number of carbonyl (C=O) groups is 3. The summed E-state index contributed by atoms with van der Waals surface area (Å²) in [6.07, 6.45) is 3.71. The number of allylic oxidation sites excluding steroid dienone is 2. The largest absolute Gasteiger partial charge is 0.467 e. The van der Waals surface area contributed by atoms with Gasteiger partial charge in [0.15, 0.2) is 0 Å². The van der Waals surface area contributed by atoms with Crippen molar-refractivity contribution in [3.05, 3.63) is 12.2 Å². The zero-order valence-corrected chi connectivity index (χ0v) is 18.8. The number of methoxy groups -OCH3 is 1. The Kier molecular flexibility index (Phi) is 5.44. The van der Waals surface area contributed by atoms with Crippen LogP contribution in [0.25, 0.3) is 0 Å². The van der Waals surface area contributed by atoms with Crippen molar-refractivity contribution in [2.24, 2.45) is 23.2 Å². The van der Waals surface area contributed by atoms with Crippen molar-refractivity contribution in [1.82, 2.24) is 10.2 Å². The van der Waals surface area contributed by atoms with Gasteiger partial charge in [-0.05, 0) is 38.5 Å². The molecule has 2 amide bonds. The standard InChI is InChI=1S/C22H33FN2O5/c1-20(2,3)16(24-19(28)30-21(4,5)6)17(26)25-11-22(23)13-9-8-12(10-13)14(22)15(25)18(27)29-7/h8-9,12-16H,10-11H2,1-7H3,(H,24,28)/t12-,13+,14+,15-,16+,22-/m0/s1. The Morgan fingerprint density at radius 1 is 1.17 bits per heavy atom. The number of fused-ring (bicyclic) bond motifs is 5. The van der Waals surface area contributed by atoms with Crippen LogP contribution >= 0.6 is 0 Å². The molecule has 0 unspecified atom stereocenters. The number of nitrogens with zero attached hydrogens (tertiary/aromatic N) is 1. The number of carbonyl (C=O) groups excluding carboxylic acids is 3. The van der Waals surface area contributed by atoms with Gasteiger partial charge < -0.3 is 19.7 Å². The second kappa shape index (κ2) is 7.24. The van der Waals surface area contributed by atoms with Crippen molar-refractivity contribution in [2.75, 3.05) is 13.7 Å². The summed E-state index contributed by atoms with van der Waals surface area (Å²) >= 11 is 0. The van der Waals surface area contributed by atoms with Gasteiger partial charge in [-0.1, -0.05) is 32.9 Å². The molecule has 1 N–H and O–H groups in total. The molecule has 0 aromatic heterocycles. The van der Waals surface area contributed by atoms with Gasteiger partial charge >= 0.3 is 12.1 Å². The molecule has 1 aliphatic heterocycles. The highest BCUT2D eigenvalue weighted by Crippen LogP contribution is 2.58. The lowest BCUT2D eigenvalue weighted by Gasteiger charge is -2.36. The van der Waals surface area contributed by atoms with Gasteiger partial charge in [-0.3, -0.25) is 4.79 Å². The first kappa shape index (κ1) is 22.6. The van der Waals surface area contributed by atoms with Crippen LogP contribution in [0.2, 0.25) is 0 Å². The molecule has 6 atom stereocenters. The maximum absolute atomic E-state index is 16.0. The van der Waals surface area contributed by atoms with Crippen molar-refractivity contribution >= 4 is 18.0 Å². The second-order valence-corrected chi connectivity index (χ2v) is 10.7. The van der Waals surface area contributed by atoms with Crippen LogP contribution in [0, 0.1) is 23.2 Å². The fourth-order valence-corrected chi connectivity index (χ4v) is 5.07. The van der Waals surface area contributed by atoms with E-state index in [1.165, 1.54) is 12.0 Å². The first-order valence-electron chi connectivity index (χ1n) is 10.4. The van der Waals surface area contributed by atoms with E-state index in [2.05, 4.69) is 5.32 Å². The molecule has 2 aliphatic carbocycles. The fraction of sp³-hybridized carbons (Fsp3) is 0.773. The molecule has 168 valence electrons. The number of esters is 1. The number of amides is 2. The Morgan fingerprint density at radius 3 is 2.33 bits per heavy atom. The molecule has 0 radical (unpaired) electrons. The molecular weight excluding hydrogens is 391 g/mol. The summed E-state index contributed by atoms with van der Waals surface area (Å²) in [5.74, 6) is -2.18. The van der Waals surface area contributed by atoms with Crippen LogP contribution in [0.1, 0.15) is 48.0 Å². The lowest BCUT2D eigenvalue weighted by atomic mass is 9.79. The number of hydrogen-bond acceptors (Lipinski definition) is 5. The first-order chi connectivity index (χ1) is 13.7.